The Labute approximate surface area is 170 Å². The smallest absolute Gasteiger partial charge is 0.243 e. The van der Waals surface area contributed by atoms with Crippen molar-refractivity contribution in [1.29, 1.82) is 5.26 Å². The highest BCUT2D eigenvalue weighted by Crippen LogP contribution is 2.29. The molecule has 0 fully saturated rings. The summed E-state index contributed by atoms with van der Waals surface area (Å²) in [5.74, 6) is 0.787. The molecule has 0 aliphatic rings. The van der Waals surface area contributed by atoms with Crippen LogP contribution in [0.3, 0.4) is 0 Å². The molecule has 1 aromatic carbocycles. The molecule has 152 valence electrons. The maximum Gasteiger partial charge on any atom is 0.243 e. The zero-order valence-electron chi connectivity index (χ0n) is 16.5. The number of aromatic nitrogens is 3. The lowest BCUT2D eigenvalue weighted by atomic mass is 10.2. The summed E-state index contributed by atoms with van der Waals surface area (Å²) in [5.41, 5.74) is 0.646. The molecule has 0 amide bonds. The van der Waals surface area contributed by atoms with Gasteiger partial charge < -0.3 is 4.74 Å². The van der Waals surface area contributed by atoms with Crippen LogP contribution >= 0.6 is 11.8 Å². The molecule has 2 aromatic rings. The van der Waals surface area contributed by atoms with E-state index in [-0.39, 0.29) is 16.7 Å². The second-order valence-electron chi connectivity index (χ2n) is 6.04. The number of sulfonamides is 1. The van der Waals surface area contributed by atoms with E-state index in [1.54, 1.807) is 31.4 Å². The molecule has 1 aromatic heterocycles. The molecule has 0 bridgehead atoms. The highest BCUT2D eigenvalue weighted by molar-refractivity contribution is 7.99. The minimum Gasteiger partial charge on any atom is -0.383 e. The van der Waals surface area contributed by atoms with Gasteiger partial charge in [-0.1, -0.05) is 37.7 Å². The first-order chi connectivity index (χ1) is 13.4. The lowest BCUT2D eigenvalue weighted by Gasteiger charge is -2.19. The van der Waals surface area contributed by atoms with Gasteiger partial charge in [-0.15, -0.1) is 10.2 Å². The number of nitrogens with zero attached hydrogens (tertiary/aromatic N) is 5. The summed E-state index contributed by atoms with van der Waals surface area (Å²) in [6.45, 7) is 6.82. The molecule has 1 heterocycles. The maximum atomic E-state index is 12.9. The van der Waals surface area contributed by atoms with Crippen LogP contribution in [0.2, 0.25) is 0 Å². The minimum atomic E-state index is -3.58. The summed E-state index contributed by atoms with van der Waals surface area (Å²) in [5, 5.41) is 18.0. The van der Waals surface area contributed by atoms with Crippen molar-refractivity contribution in [2.24, 2.45) is 0 Å². The molecule has 0 N–H and O–H groups in total. The number of benzene rings is 1. The normalized spacial score (nSPS) is 12.9. The zero-order valence-corrected chi connectivity index (χ0v) is 18.1. The summed E-state index contributed by atoms with van der Waals surface area (Å²) >= 11 is 1.28. The summed E-state index contributed by atoms with van der Waals surface area (Å²) < 4.78 is 34.3. The van der Waals surface area contributed by atoms with Crippen LogP contribution in [0.4, 0.5) is 0 Å². The number of nitriles is 1. The van der Waals surface area contributed by atoms with E-state index in [4.69, 9.17) is 10.00 Å². The monoisotopic (exact) mass is 423 g/mol. The van der Waals surface area contributed by atoms with E-state index < -0.39 is 10.0 Å². The van der Waals surface area contributed by atoms with Gasteiger partial charge in [0.1, 0.15) is 0 Å². The predicted molar refractivity (Wildman–Crippen MR) is 108 cm³/mol. The molecule has 1 atom stereocenters. The van der Waals surface area contributed by atoms with E-state index in [1.165, 1.54) is 16.1 Å². The first-order valence-corrected chi connectivity index (χ1v) is 11.4. The molecule has 0 aliphatic carbocycles. The van der Waals surface area contributed by atoms with Gasteiger partial charge in [0.05, 0.1) is 29.4 Å². The van der Waals surface area contributed by atoms with Crippen molar-refractivity contribution in [3.8, 4) is 17.5 Å². The van der Waals surface area contributed by atoms with Crippen LogP contribution < -0.4 is 0 Å². The van der Waals surface area contributed by atoms with Gasteiger partial charge in [0, 0.05) is 25.8 Å². The Morgan fingerprint density at radius 1 is 1.32 bits per heavy atom. The van der Waals surface area contributed by atoms with Crippen LogP contribution in [-0.4, -0.2) is 60.0 Å². The third kappa shape index (κ3) is 4.72. The minimum absolute atomic E-state index is 0.0840. The Hall–Kier alpha value is -1.93. The van der Waals surface area contributed by atoms with E-state index in [0.717, 1.165) is 0 Å². The van der Waals surface area contributed by atoms with Gasteiger partial charge in [0.2, 0.25) is 10.0 Å². The number of ether oxygens (including phenoxy) is 1. The molecule has 1 unspecified atom stereocenters. The van der Waals surface area contributed by atoms with E-state index >= 15 is 0 Å². The molecule has 0 saturated carbocycles. The van der Waals surface area contributed by atoms with Crippen molar-refractivity contribution >= 4 is 21.8 Å². The van der Waals surface area contributed by atoms with Crippen molar-refractivity contribution in [3.63, 3.8) is 0 Å². The van der Waals surface area contributed by atoms with Gasteiger partial charge in [-0.05, 0) is 19.1 Å². The predicted octanol–water partition coefficient (Wildman–Crippen LogP) is 2.80. The van der Waals surface area contributed by atoms with Crippen LogP contribution in [0.15, 0.2) is 34.3 Å². The molecule has 28 heavy (non-hydrogen) atoms. The van der Waals surface area contributed by atoms with E-state index in [1.807, 2.05) is 25.3 Å². The first-order valence-electron chi connectivity index (χ1n) is 8.94. The van der Waals surface area contributed by atoms with Crippen molar-refractivity contribution in [1.82, 2.24) is 19.1 Å². The fourth-order valence-electron chi connectivity index (χ4n) is 2.89. The molecule has 2 rings (SSSR count). The molecule has 10 heteroatoms. The second kappa shape index (κ2) is 10.0. The maximum absolute atomic E-state index is 12.9. The third-order valence-corrected chi connectivity index (χ3v) is 7.07. The van der Waals surface area contributed by atoms with Crippen molar-refractivity contribution in [3.05, 3.63) is 24.3 Å². The summed E-state index contributed by atoms with van der Waals surface area (Å²) in [6, 6.07) is 8.71. The number of thioether (sulfide) groups is 1. The van der Waals surface area contributed by atoms with E-state index in [2.05, 4.69) is 16.3 Å². The third-order valence-electron chi connectivity index (χ3n) is 4.21. The Balaban J connectivity index is 2.54. The molecular weight excluding hydrogens is 398 g/mol. The van der Waals surface area contributed by atoms with Crippen LogP contribution in [0, 0.1) is 11.3 Å². The molecule has 8 nitrogen and oxygen atoms in total. The lowest BCUT2D eigenvalue weighted by Crippen LogP contribution is -2.30. The molecule has 0 aliphatic heterocycles. The standard InChI is InChI=1S/C18H25N5O3S2/c1-5-22(6-2)28(24,25)16-9-7-8-15(12-16)17-20-21-18(27-11-10-19)23(17)14(3)13-26-4/h7-9,12,14H,5-6,11,13H2,1-4H3. The summed E-state index contributed by atoms with van der Waals surface area (Å²) in [7, 11) is -1.97. The zero-order chi connectivity index (χ0) is 20.7. The number of hydrogen-bond acceptors (Lipinski definition) is 7. The quantitative estimate of drug-likeness (QED) is 0.542. The summed E-state index contributed by atoms with van der Waals surface area (Å²) in [4.78, 5) is 0.217. The number of hydrogen-bond donors (Lipinski definition) is 0. The summed E-state index contributed by atoms with van der Waals surface area (Å²) in [6.07, 6.45) is 0. The van der Waals surface area contributed by atoms with Crippen LogP contribution in [0.5, 0.6) is 0 Å². The lowest BCUT2D eigenvalue weighted by molar-refractivity contribution is 0.159. The second-order valence-corrected chi connectivity index (χ2v) is 8.92. The van der Waals surface area contributed by atoms with Gasteiger partial charge in [-0.2, -0.15) is 9.57 Å². The van der Waals surface area contributed by atoms with Crippen molar-refractivity contribution in [2.45, 2.75) is 36.9 Å². The topological polar surface area (TPSA) is 101 Å². The largest absolute Gasteiger partial charge is 0.383 e. The van der Waals surface area contributed by atoms with Crippen LogP contribution in [0.1, 0.15) is 26.8 Å². The van der Waals surface area contributed by atoms with Gasteiger partial charge in [-0.25, -0.2) is 8.42 Å². The molecular formula is C18H25N5O3S2. The molecule has 0 spiro atoms. The Bertz CT molecular complexity index is 933. The molecule has 0 saturated heterocycles. The van der Waals surface area contributed by atoms with Crippen molar-refractivity contribution < 1.29 is 13.2 Å². The fraction of sp³-hybridized carbons (Fsp3) is 0.500. The van der Waals surface area contributed by atoms with Gasteiger partial charge in [0.25, 0.3) is 0 Å². The number of rotatable bonds is 10. The van der Waals surface area contributed by atoms with Gasteiger partial charge in [0.15, 0.2) is 11.0 Å². The van der Waals surface area contributed by atoms with Crippen LogP contribution in [-0.2, 0) is 14.8 Å². The highest BCUT2D eigenvalue weighted by atomic mass is 32.2. The van der Waals surface area contributed by atoms with Crippen LogP contribution in [0.25, 0.3) is 11.4 Å². The Morgan fingerprint density at radius 3 is 2.64 bits per heavy atom. The first kappa shape index (κ1) is 22.4. The van der Waals surface area contributed by atoms with Gasteiger partial charge >= 0.3 is 0 Å². The highest BCUT2D eigenvalue weighted by Gasteiger charge is 2.24. The molecule has 0 radical (unpaired) electrons. The van der Waals surface area contributed by atoms with Crippen molar-refractivity contribution in [2.75, 3.05) is 32.6 Å². The Kier molecular flexibility index (Phi) is 8.00. The average molecular weight is 424 g/mol. The SMILES string of the molecule is CCN(CC)S(=O)(=O)c1cccc(-c2nnc(SCC#N)n2C(C)COC)c1. The Morgan fingerprint density at radius 2 is 2.04 bits per heavy atom. The van der Waals surface area contributed by atoms with Gasteiger partial charge in [-0.3, -0.25) is 4.57 Å². The van der Waals surface area contributed by atoms with E-state index in [0.29, 0.717) is 36.2 Å². The average Bonchev–Trinajstić information content (AvgIpc) is 3.11. The fourth-order valence-corrected chi connectivity index (χ4v) is 5.09. The van der Waals surface area contributed by atoms with E-state index in [9.17, 15) is 8.42 Å². The number of methoxy groups -OCH3 is 1.